The van der Waals surface area contributed by atoms with Gasteiger partial charge in [-0.1, -0.05) is 64.7 Å². The first-order valence-corrected chi connectivity index (χ1v) is 8.42. The van der Waals surface area contributed by atoms with Gasteiger partial charge in [0.1, 0.15) is 11.6 Å². The van der Waals surface area contributed by atoms with Gasteiger partial charge >= 0.3 is 0 Å². The molecule has 3 heteroatoms. The van der Waals surface area contributed by atoms with Crippen molar-refractivity contribution in [1.29, 1.82) is 0 Å². The third kappa shape index (κ3) is 8.59. The molecule has 0 atom stereocenters. The summed E-state index contributed by atoms with van der Waals surface area (Å²) in [5, 5.41) is 0. The average Bonchev–Trinajstić information content (AvgIpc) is 2.46. The quantitative estimate of drug-likeness (QED) is 0.396. The fraction of sp³-hybridized carbons (Fsp3) is 0.667. The van der Waals surface area contributed by atoms with Crippen molar-refractivity contribution >= 4 is 5.69 Å². The van der Waals surface area contributed by atoms with Gasteiger partial charge in [-0.3, -0.25) is 0 Å². The Morgan fingerprint density at radius 1 is 0.905 bits per heavy atom. The summed E-state index contributed by atoms with van der Waals surface area (Å²) in [4.78, 5) is 0. The van der Waals surface area contributed by atoms with Crippen LogP contribution in [-0.2, 0) is 0 Å². The average molecular weight is 295 g/mol. The molecule has 21 heavy (non-hydrogen) atoms. The number of ether oxygens (including phenoxy) is 1. The zero-order chi connectivity index (χ0) is 15.3. The highest BCUT2D eigenvalue weighted by atomic mass is 19.1. The molecular formula is C18H30FNO. The van der Waals surface area contributed by atoms with Crippen molar-refractivity contribution in [3.63, 3.8) is 0 Å². The summed E-state index contributed by atoms with van der Waals surface area (Å²) < 4.78 is 18.4. The smallest absolute Gasteiger partial charge is 0.142 e. The SMILES string of the molecule is CCCCCCCCCCCCOc1ccc(F)cc1N. The van der Waals surface area contributed by atoms with E-state index in [1.807, 2.05) is 0 Å². The molecule has 2 nitrogen and oxygen atoms in total. The van der Waals surface area contributed by atoms with Gasteiger partial charge in [0.2, 0.25) is 0 Å². The standard InChI is InChI=1S/C18H30FNO/c1-2-3-4-5-6-7-8-9-10-11-14-21-18-13-12-16(19)15-17(18)20/h12-13,15H,2-11,14,20H2,1H3. The molecule has 0 fully saturated rings. The highest BCUT2D eigenvalue weighted by molar-refractivity contribution is 5.52. The van der Waals surface area contributed by atoms with Gasteiger partial charge in [0.25, 0.3) is 0 Å². The number of nitrogens with two attached hydrogens (primary N) is 1. The Labute approximate surface area is 128 Å². The van der Waals surface area contributed by atoms with Crippen molar-refractivity contribution < 1.29 is 9.13 Å². The fourth-order valence-electron chi connectivity index (χ4n) is 2.42. The highest BCUT2D eigenvalue weighted by Gasteiger charge is 2.01. The Morgan fingerprint density at radius 2 is 1.48 bits per heavy atom. The first kappa shape index (κ1) is 17.8. The molecule has 0 saturated heterocycles. The molecule has 0 aromatic heterocycles. The predicted molar refractivity (Wildman–Crippen MR) is 88.2 cm³/mol. The molecule has 0 bridgehead atoms. The number of hydrogen-bond acceptors (Lipinski definition) is 2. The minimum absolute atomic E-state index is 0.321. The monoisotopic (exact) mass is 295 g/mol. The van der Waals surface area contributed by atoms with Crippen molar-refractivity contribution in [2.45, 2.75) is 71.1 Å². The van der Waals surface area contributed by atoms with Gasteiger partial charge in [0.05, 0.1) is 12.3 Å². The van der Waals surface area contributed by atoms with E-state index in [4.69, 9.17) is 10.5 Å². The summed E-state index contributed by atoms with van der Waals surface area (Å²) >= 11 is 0. The molecule has 0 aliphatic heterocycles. The van der Waals surface area contributed by atoms with Crippen LogP contribution < -0.4 is 10.5 Å². The molecule has 0 spiro atoms. The summed E-state index contributed by atoms with van der Waals surface area (Å²) in [5.74, 6) is 0.270. The number of halogens is 1. The normalized spacial score (nSPS) is 10.8. The minimum atomic E-state index is -0.321. The second-order valence-electron chi connectivity index (χ2n) is 5.71. The van der Waals surface area contributed by atoms with Gasteiger partial charge in [0.15, 0.2) is 0 Å². The van der Waals surface area contributed by atoms with Crippen molar-refractivity contribution in [1.82, 2.24) is 0 Å². The summed E-state index contributed by atoms with van der Waals surface area (Å²) in [6.45, 7) is 2.91. The van der Waals surface area contributed by atoms with Gasteiger partial charge in [-0.2, -0.15) is 0 Å². The summed E-state index contributed by atoms with van der Waals surface area (Å²) in [6.07, 6.45) is 13.0. The van der Waals surface area contributed by atoms with Crippen LogP contribution in [0.3, 0.4) is 0 Å². The molecule has 1 aromatic rings. The van der Waals surface area contributed by atoms with Gasteiger partial charge in [-0.05, 0) is 18.6 Å². The van der Waals surface area contributed by atoms with E-state index in [1.165, 1.54) is 69.9 Å². The largest absolute Gasteiger partial charge is 0.491 e. The maximum atomic E-state index is 12.9. The van der Waals surface area contributed by atoms with E-state index in [0.717, 1.165) is 6.42 Å². The van der Waals surface area contributed by atoms with Crippen molar-refractivity contribution in [3.8, 4) is 5.75 Å². The van der Waals surface area contributed by atoms with E-state index >= 15 is 0 Å². The van der Waals surface area contributed by atoms with E-state index in [9.17, 15) is 4.39 Å². The van der Waals surface area contributed by atoms with E-state index in [-0.39, 0.29) is 5.82 Å². The first-order chi connectivity index (χ1) is 10.2. The Hall–Kier alpha value is -1.25. The van der Waals surface area contributed by atoms with Crippen LogP contribution in [0.2, 0.25) is 0 Å². The minimum Gasteiger partial charge on any atom is -0.491 e. The van der Waals surface area contributed by atoms with Crippen LogP contribution in [0.4, 0.5) is 10.1 Å². The van der Waals surface area contributed by atoms with Crippen molar-refractivity contribution in [3.05, 3.63) is 24.0 Å². The zero-order valence-corrected chi connectivity index (χ0v) is 13.4. The molecule has 2 N–H and O–H groups in total. The molecule has 0 aliphatic carbocycles. The topological polar surface area (TPSA) is 35.2 Å². The lowest BCUT2D eigenvalue weighted by molar-refractivity contribution is 0.305. The van der Waals surface area contributed by atoms with Crippen molar-refractivity contribution in [2.75, 3.05) is 12.3 Å². The molecule has 0 unspecified atom stereocenters. The Morgan fingerprint density at radius 3 is 2.05 bits per heavy atom. The number of anilines is 1. The molecule has 0 radical (unpaired) electrons. The first-order valence-electron chi connectivity index (χ1n) is 8.42. The molecule has 0 saturated carbocycles. The highest BCUT2D eigenvalue weighted by Crippen LogP contribution is 2.22. The Balaban J connectivity index is 1.93. The van der Waals surface area contributed by atoms with Crippen LogP contribution in [0.15, 0.2) is 18.2 Å². The Bertz CT molecular complexity index is 381. The maximum Gasteiger partial charge on any atom is 0.142 e. The molecular weight excluding hydrogens is 265 g/mol. The van der Waals surface area contributed by atoms with Crippen LogP contribution in [0.1, 0.15) is 71.1 Å². The molecule has 0 amide bonds. The van der Waals surface area contributed by atoms with Gasteiger partial charge in [-0.25, -0.2) is 4.39 Å². The van der Waals surface area contributed by atoms with E-state index < -0.39 is 0 Å². The number of rotatable bonds is 12. The third-order valence-electron chi connectivity index (χ3n) is 3.73. The van der Waals surface area contributed by atoms with Gasteiger partial charge in [-0.15, -0.1) is 0 Å². The number of nitrogen functional groups attached to an aromatic ring is 1. The summed E-state index contributed by atoms with van der Waals surface area (Å²) in [7, 11) is 0. The number of benzene rings is 1. The molecule has 120 valence electrons. The van der Waals surface area contributed by atoms with E-state index in [1.54, 1.807) is 6.07 Å². The molecule has 0 heterocycles. The molecule has 1 rings (SSSR count). The third-order valence-corrected chi connectivity index (χ3v) is 3.73. The van der Waals surface area contributed by atoms with Gasteiger partial charge in [0, 0.05) is 6.07 Å². The lowest BCUT2D eigenvalue weighted by atomic mass is 10.1. The van der Waals surface area contributed by atoms with Crippen LogP contribution in [0, 0.1) is 5.82 Å². The summed E-state index contributed by atoms with van der Waals surface area (Å²) in [5.41, 5.74) is 6.06. The van der Waals surface area contributed by atoms with Crippen LogP contribution in [-0.4, -0.2) is 6.61 Å². The predicted octanol–water partition coefficient (Wildman–Crippen LogP) is 5.71. The fourth-order valence-corrected chi connectivity index (χ4v) is 2.42. The second kappa shape index (κ2) is 11.4. The Kier molecular flexibility index (Phi) is 9.68. The zero-order valence-electron chi connectivity index (χ0n) is 13.4. The maximum absolute atomic E-state index is 12.9. The lowest BCUT2D eigenvalue weighted by Gasteiger charge is -2.08. The molecule has 1 aromatic carbocycles. The van der Waals surface area contributed by atoms with Crippen LogP contribution >= 0.6 is 0 Å². The van der Waals surface area contributed by atoms with E-state index in [2.05, 4.69) is 6.92 Å². The van der Waals surface area contributed by atoms with Crippen LogP contribution in [0.5, 0.6) is 5.75 Å². The molecule has 0 aliphatic rings. The number of hydrogen-bond donors (Lipinski definition) is 1. The van der Waals surface area contributed by atoms with Gasteiger partial charge < -0.3 is 10.5 Å². The van der Waals surface area contributed by atoms with Crippen LogP contribution in [0.25, 0.3) is 0 Å². The van der Waals surface area contributed by atoms with E-state index in [0.29, 0.717) is 18.0 Å². The van der Waals surface area contributed by atoms with Crippen molar-refractivity contribution in [2.24, 2.45) is 0 Å². The second-order valence-corrected chi connectivity index (χ2v) is 5.71. The number of unbranched alkanes of at least 4 members (excludes halogenated alkanes) is 9. The summed E-state index contributed by atoms with van der Waals surface area (Å²) in [6, 6.07) is 4.28. The lowest BCUT2D eigenvalue weighted by Crippen LogP contribution is -2.00.